The van der Waals surface area contributed by atoms with Crippen LogP contribution >= 0.6 is 0 Å². The Morgan fingerprint density at radius 2 is 2.14 bits per heavy atom. The van der Waals surface area contributed by atoms with Crippen LogP contribution in [-0.2, 0) is 4.79 Å². The van der Waals surface area contributed by atoms with Crippen LogP contribution in [0.3, 0.4) is 0 Å². The van der Waals surface area contributed by atoms with Gasteiger partial charge in [0.25, 0.3) is 5.91 Å². The largest absolute Gasteiger partial charge is 0.480 e. The summed E-state index contributed by atoms with van der Waals surface area (Å²) in [6.45, 7) is -0.709. The van der Waals surface area contributed by atoms with Crippen molar-refractivity contribution in [3.8, 4) is 5.75 Å². The minimum atomic E-state index is -2.98. The molecule has 0 aliphatic carbocycles. The van der Waals surface area contributed by atoms with E-state index < -0.39 is 24.5 Å². The number of hydrogen-bond donors (Lipinski definition) is 1. The number of piperidine rings is 1. The molecule has 0 bridgehead atoms. The molecule has 22 heavy (non-hydrogen) atoms. The Balaban J connectivity index is 2.21. The predicted octanol–water partition coefficient (Wildman–Crippen LogP) is 2.61. The summed E-state index contributed by atoms with van der Waals surface area (Å²) in [5.41, 5.74) is 0.138. The fourth-order valence-electron chi connectivity index (χ4n) is 2.59. The normalized spacial score (nSPS) is 21.7. The molecule has 1 aromatic carbocycles. The van der Waals surface area contributed by atoms with E-state index in [1.54, 1.807) is 0 Å². The highest BCUT2D eigenvalue weighted by Gasteiger charge is 2.35. The van der Waals surface area contributed by atoms with E-state index in [1.807, 2.05) is 6.92 Å². The van der Waals surface area contributed by atoms with Crippen molar-refractivity contribution in [1.82, 2.24) is 4.90 Å². The molecule has 1 amide bonds. The minimum Gasteiger partial charge on any atom is -0.480 e. The fraction of sp³-hybridized carbons (Fsp3) is 0.467. The number of halogens is 2. The van der Waals surface area contributed by atoms with E-state index in [9.17, 15) is 23.5 Å². The summed E-state index contributed by atoms with van der Waals surface area (Å²) >= 11 is 0. The summed E-state index contributed by atoms with van der Waals surface area (Å²) in [7, 11) is 0. The molecule has 2 unspecified atom stereocenters. The van der Waals surface area contributed by atoms with Crippen molar-refractivity contribution < 1.29 is 28.2 Å². The maximum absolute atomic E-state index is 12.5. The second-order valence-electron chi connectivity index (χ2n) is 5.39. The van der Waals surface area contributed by atoms with Crippen LogP contribution in [0.5, 0.6) is 5.75 Å². The number of likely N-dealkylation sites (tertiary alicyclic amines) is 1. The van der Waals surface area contributed by atoms with Gasteiger partial charge >= 0.3 is 12.6 Å². The summed E-state index contributed by atoms with van der Waals surface area (Å²) in [5, 5.41) is 9.28. The van der Waals surface area contributed by atoms with Crippen molar-refractivity contribution in [2.24, 2.45) is 5.92 Å². The number of rotatable bonds is 4. The van der Waals surface area contributed by atoms with E-state index in [4.69, 9.17) is 0 Å². The molecule has 1 fully saturated rings. The molecule has 2 atom stereocenters. The predicted molar refractivity (Wildman–Crippen MR) is 73.9 cm³/mol. The van der Waals surface area contributed by atoms with Gasteiger partial charge in [-0.3, -0.25) is 4.79 Å². The van der Waals surface area contributed by atoms with Gasteiger partial charge in [0.05, 0.1) is 0 Å². The molecule has 1 saturated heterocycles. The molecule has 1 aliphatic rings. The molecule has 120 valence electrons. The van der Waals surface area contributed by atoms with Crippen molar-refractivity contribution in [1.29, 1.82) is 0 Å². The smallest absolute Gasteiger partial charge is 0.387 e. The zero-order valence-electron chi connectivity index (χ0n) is 12.0. The molecule has 1 N–H and O–H groups in total. The molecule has 1 heterocycles. The number of carboxylic acid groups (broad SMARTS) is 1. The first-order valence-electron chi connectivity index (χ1n) is 6.97. The van der Waals surface area contributed by atoms with E-state index in [0.717, 1.165) is 0 Å². The zero-order chi connectivity index (χ0) is 16.3. The molecule has 7 heteroatoms. The van der Waals surface area contributed by atoms with Gasteiger partial charge in [-0.1, -0.05) is 13.0 Å². The van der Waals surface area contributed by atoms with Gasteiger partial charge in [-0.05, 0) is 37.0 Å². The molecule has 2 rings (SSSR count). The van der Waals surface area contributed by atoms with Crippen LogP contribution in [0.15, 0.2) is 24.3 Å². The summed E-state index contributed by atoms with van der Waals surface area (Å²) < 4.78 is 28.7. The topological polar surface area (TPSA) is 66.8 Å². The molecular formula is C15H17F2NO4. The molecule has 5 nitrogen and oxygen atoms in total. The van der Waals surface area contributed by atoms with Gasteiger partial charge < -0.3 is 14.7 Å². The summed E-state index contributed by atoms with van der Waals surface area (Å²) in [4.78, 5) is 25.1. The Labute approximate surface area is 126 Å². The van der Waals surface area contributed by atoms with Crippen LogP contribution in [0.2, 0.25) is 0 Å². The third-order valence-electron chi connectivity index (χ3n) is 3.72. The first-order chi connectivity index (χ1) is 10.4. The number of ether oxygens (including phenoxy) is 1. The van der Waals surface area contributed by atoms with E-state index in [1.165, 1.54) is 29.2 Å². The Kier molecular flexibility index (Phi) is 4.95. The lowest BCUT2D eigenvalue weighted by Crippen LogP contribution is -2.49. The second kappa shape index (κ2) is 6.72. The SMILES string of the molecule is CC1CCN(C(=O)c2cccc(OC(F)F)c2)C(C(=O)O)C1. The van der Waals surface area contributed by atoms with E-state index in [-0.39, 0.29) is 17.2 Å². The first kappa shape index (κ1) is 16.2. The highest BCUT2D eigenvalue weighted by molar-refractivity contribution is 5.97. The van der Waals surface area contributed by atoms with Crippen LogP contribution in [0.25, 0.3) is 0 Å². The van der Waals surface area contributed by atoms with Crippen LogP contribution < -0.4 is 4.74 Å². The van der Waals surface area contributed by atoms with Crippen LogP contribution in [0.1, 0.15) is 30.1 Å². The number of carboxylic acids is 1. The standard InChI is InChI=1S/C15H17F2NO4/c1-9-5-6-18(12(7-9)14(20)21)13(19)10-3-2-4-11(8-10)22-15(16)17/h2-4,8-9,12,15H,5-7H2,1H3,(H,20,21). The Morgan fingerprint density at radius 3 is 2.77 bits per heavy atom. The maximum atomic E-state index is 12.5. The molecule has 0 aromatic heterocycles. The number of nitrogens with zero attached hydrogens (tertiary/aromatic N) is 1. The van der Waals surface area contributed by atoms with Crippen molar-refractivity contribution in [2.75, 3.05) is 6.54 Å². The number of amides is 1. The maximum Gasteiger partial charge on any atom is 0.387 e. The number of hydrogen-bond acceptors (Lipinski definition) is 3. The number of aliphatic carboxylic acids is 1. The van der Waals surface area contributed by atoms with Gasteiger partial charge in [-0.2, -0.15) is 8.78 Å². The number of carbonyl (C=O) groups excluding carboxylic acids is 1. The van der Waals surface area contributed by atoms with Gasteiger partial charge in [0.1, 0.15) is 11.8 Å². The molecule has 1 aliphatic heterocycles. The minimum absolute atomic E-state index is 0.127. The first-order valence-corrected chi connectivity index (χ1v) is 6.97. The summed E-state index contributed by atoms with van der Waals surface area (Å²) in [5.74, 6) is -1.45. The van der Waals surface area contributed by atoms with E-state index >= 15 is 0 Å². The van der Waals surface area contributed by atoms with Gasteiger partial charge in [0, 0.05) is 12.1 Å². The highest BCUT2D eigenvalue weighted by atomic mass is 19.3. The molecular weight excluding hydrogens is 296 g/mol. The lowest BCUT2D eigenvalue weighted by atomic mass is 9.92. The van der Waals surface area contributed by atoms with E-state index in [0.29, 0.717) is 19.4 Å². The van der Waals surface area contributed by atoms with Crippen LogP contribution in [-0.4, -0.2) is 41.1 Å². The fourth-order valence-corrected chi connectivity index (χ4v) is 2.59. The lowest BCUT2D eigenvalue weighted by molar-refractivity contribution is -0.144. The third kappa shape index (κ3) is 3.72. The lowest BCUT2D eigenvalue weighted by Gasteiger charge is -2.36. The van der Waals surface area contributed by atoms with Gasteiger partial charge in [0.2, 0.25) is 0 Å². The zero-order valence-corrected chi connectivity index (χ0v) is 12.0. The average molecular weight is 313 g/mol. The number of alkyl halides is 2. The van der Waals surface area contributed by atoms with Crippen molar-refractivity contribution in [3.63, 3.8) is 0 Å². The van der Waals surface area contributed by atoms with Crippen LogP contribution in [0.4, 0.5) is 8.78 Å². The molecule has 0 saturated carbocycles. The Morgan fingerprint density at radius 1 is 1.41 bits per heavy atom. The Hall–Kier alpha value is -2.18. The van der Waals surface area contributed by atoms with Gasteiger partial charge in [0.15, 0.2) is 0 Å². The number of carbonyl (C=O) groups is 2. The van der Waals surface area contributed by atoms with Crippen molar-refractivity contribution in [2.45, 2.75) is 32.4 Å². The third-order valence-corrected chi connectivity index (χ3v) is 3.72. The summed E-state index contributed by atoms with van der Waals surface area (Å²) in [6, 6.07) is 4.50. The monoisotopic (exact) mass is 313 g/mol. The van der Waals surface area contributed by atoms with Gasteiger partial charge in [-0.25, -0.2) is 4.79 Å². The van der Waals surface area contributed by atoms with E-state index in [2.05, 4.69) is 4.74 Å². The van der Waals surface area contributed by atoms with Crippen molar-refractivity contribution >= 4 is 11.9 Å². The quantitative estimate of drug-likeness (QED) is 0.928. The number of benzene rings is 1. The highest BCUT2D eigenvalue weighted by Crippen LogP contribution is 2.25. The second-order valence-corrected chi connectivity index (χ2v) is 5.39. The van der Waals surface area contributed by atoms with Crippen molar-refractivity contribution in [3.05, 3.63) is 29.8 Å². The van der Waals surface area contributed by atoms with Gasteiger partial charge in [-0.15, -0.1) is 0 Å². The van der Waals surface area contributed by atoms with Crippen LogP contribution in [0, 0.1) is 5.92 Å². The Bertz CT molecular complexity index is 564. The molecule has 1 aromatic rings. The molecule has 0 spiro atoms. The average Bonchev–Trinajstić information content (AvgIpc) is 2.46. The molecule has 0 radical (unpaired) electrons. The summed E-state index contributed by atoms with van der Waals surface area (Å²) in [6.07, 6.45) is 1.09.